The monoisotopic (exact) mass is 410 g/mol. The van der Waals surface area contributed by atoms with Crippen molar-refractivity contribution in [2.75, 3.05) is 13.2 Å². The molecule has 2 N–H and O–H groups in total. The van der Waals surface area contributed by atoms with Crippen LogP contribution in [0.3, 0.4) is 0 Å². The van der Waals surface area contributed by atoms with Crippen molar-refractivity contribution in [3.05, 3.63) is 59.7 Å². The van der Waals surface area contributed by atoms with Crippen LogP contribution in [0.15, 0.2) is 58.7 Å². The third-order valence-corrected chi connectivity index (χ3v) is 4.10. The second-order valence-electron chi connectivity index (χ2n) is 6.15. The lowest BCUT2D eigenvalue weighted by atomic mass is 9.92. The quantitative estimate of drug-likeness (QED) is 0.525. The molecule has 0 atom stereocenters. The number of nitrogens with zero attached hydrogens (tertiary/aromatic N) is 2. The minimum Gasteiger partial charge on any atom is -0.449 e. The van der Waals surface area contributed by atoms with Crippen LogP contribution in [0.25, 0.3) is 11.1 Å². The van der Waals surface area contributed by atoms with E-state index in [1.54, 1.807) is 27.7 Å². The molecule has 0 aliphatic carbocycles. The van der Waals surface area contributed by atoms with Crippen molar-refractivity contribution in [1.82, 2.24) is 10.9 Å². The SMILES string of the molecule is CCOC(=O)N/N=C(/C)c1ccccc1-c1ccccc1/C(C)=N\NC(=O)OCC. The lowest BCUT2D eigenvalue weighted by Crippen LogP contribution is -2.21. The Morgan fingerprint density at radius 2 is 1.10 bits per heavy atom. The maximum atomic E-state index is 11.5. The summed E-state index contributed by atoms with van der Waals surface area (Å²) in [5, 5.41) is 8.28. The minimum absolute atomic E-state index is 0.267. The molecule has 2 aromatic carbocycles. The van der Waals surface area contributed by atoms with Crippen molar-refractivity contribution in [2.24, 2.45) is 10.2 Å². The molecule has 0 spiro atoms. The van der Waals surface area contributed by atoms with Gasteiger partial charge in [-0.25, -0.2) is 20.4 Å². The number of carbonyl (C=O) groups excluding carboxylic acids is 2. The molecule has 0 fully saturated rings. The third kappa shape index (κ3) is 6.16. The Bertz CT molecular complexity index is 876. The molecule has 0 saturated heterocycles. The summed E-state index contributed by atoms with van der Waals surface area (Å²) in [6, 6.07) is 15.4. The molecule has 2 amide bonds. The fourth-order valence-corrected chi connectivity index (χ4v) is 2.77. The lowest BCUT2D eigenvalue weighted by Gasteiger charge is -2.14. The summed E-state index contributed by atoms with van der Waals surface area (Å²) in [5.41, 5.74) is 9.50. The highest BCUT2D eigenvalue weighted by atomic mass is 16.6. The molecule has 0 aliphatic rings. The highest BCUT2D eigenvalue weighted by molar-refractivity contribution is 6.09. The van der Waals surface area contributed by atoms with Gasteiger partial charge < -0.3 is 9.47 Å². The Hall–Kier alpha value is -3.68. The normalized spacial score (nSPS) is 11.6. The zero-order chi connectivity index (χ0) is 21.9. The van der Waals surface area contributed by atoms with Gasteiger partial charge in [-0.1, -0.05) is 48.5 Å². The van der Waals surface area contributed by atoms with Crippen LogP contribution in [0.2, 0.25) is 0 Å². The molecule has 0 heterocycles. The first-order valence-corrected chi connectivity index (χ1v) is 9.61. The molecule has 0 bridgehead atoms. The number of benzene rings is 2. The van der Waals surface area contributed by atoms with Gasteiger partial charge in [0.1, 0.15) is 0 Å². The van der Waals surface area contributed by atoms with Crippen LogP contribution in [-0.4, -0.2) is 36.8 Å². The minimum atomic E-state index is -0.609. The molecular weight excluding hydrogens is 384 g/mol. The van der Waals surface area contributed by atoms with Gasteiger partial charge in [-0.3, -0.25) is 0 Å². The largest absolute Gasteiger partial charge is 0.449 e. The van der Waals surface area contributed by atoms with Crippen molar-refractivity contribution in [1.29, 1.82) is 0 Å². The van der Waals surface area contributed by atoms with Gasteiger partial charge in [-0.05, 0) is 38.8 Å². The van der Waals surface area contributed by atoms with Crippen molar-refractivity contribution in [3.8, 4) is 11.1 Å². The molecule has 0 unspecified atom stereocenters. The highest BCUT2D eigenvalue weighted by Crippen LogP contribution is 2.28. The summed E-state index contributed by atoms with van der Waals surface area (Å²) in [4.78, 5) is 23.1. The Morgan fingerprint density at radius 1 is 0.733 bits per heavy atom. The second kappa shape index (κ2) is 11.4. The highest BCUT2D eigenvalue weighted by Gasteiger charge is 2.13. The molecule has 2 rings (SSSR count). The number of ether oxygens (including phenoxy) is 2. The molecule has 8 nitrogen and oxygen atoms in total. The number of nitrogens with one attached hydrogen (secondary N) is 2. The van der Waals surface area contributed by atoms with Crippen LogP contribution in [0.5, 0.6) is 0 Å². The van der Waals surface area contributed by atoms with Gasteiger partial charge in [0.25, 0.3) is 0 Å². The first-order chi connectivity index (χ1) is 14.5. The summed E-state index contributed by atoms with van der Waals surface area (Å²) in [6.07, 6.45) is -1.22. The van der Waals surface area contributed by atoms with Crippen LogP contribution in [0, 0.1) is 0 Å². The molecule has 2 aromatic rings. The van der Waals surface area contributed by atoms with Crippen LogP contribution >= 0.6 is 0 Å². The Balaban J connectivity index is 2.40. The smallest absolute Gasteiger partial charge is 0.427 e. The summed E-state index contributed by atoms with van der Waals surface area (Å²) < 4.78 is 9.68. The number of carbonyl (C=O) groups is 2. The van der Waals surface area contributed by atoms with Gasteiger partial charge >= 0.3 is 12.2 Å². The van der Waals surface area contributed by atoms with Gasteiger partial charge in [-0.2, -0.15) is 10.2 Å². The van der Waals surface area contributed by atoms with E-state index in [-0.39, 0.29) is 13.2 Å². The van der Waals surface area contributed by atoms with Gasteiger partial charge in [0.2, 0.25) is 0 Å². The van der Waals surface area contributed by atoms with E-state index in [0.717, 1.165) is 22.3 Å². The maximum absolute atomic E-state index is 11.5. The van der Waals surface area contributed by atoms with Crippen molar-refractivity contribution < 1.29 is 19.1 Å². The molecule has 0 radical (unpaired) electrons. The van der Waals surface area contributed by atoms with Crippen molar-refractivity contribution >= 4 is 23.6 Å². The molecule has 8 heteroatoms. The average Bonchev–Trinajstić information content (AvgIpc) is 2.76. The summed E-state index contributed by atoms with van der Waals surface area (Å²) in [5.74, 6) is 0. The molecule has 0 aliphatic heterocycles. The Kier molecular flexibility index (Phi) is 8.56. The predicted octanol–water partition coefficient (Wildman–Crippen LogP) is 4.29. The van der Waals surface area contributed by atoms with Crippen molar-refractivity contribution in [2.45, 2.75) is 27.7 Å². The van der Waals surface area contributed by atoms with Crippen molar-refractivity contribution in [3.63, 3.8) is 0 Å². The number of hydrogen-bond donors (Lipinski definition) is 2. The van der Waals surface area contributed by atoms with Gasteiger partial charge in [0.15, 0.2) is 0 Å². The number of amides is 2. The second-order valence-corrected chi connectivity index (χ2v) is 6.15. The molecule has 30 heavy (non-hydrogen) atoms. The van der Waals surface area contributed by atoms with E-state index >= 15 is 0 Å². The van der Waals surface area contributed by atoms with E-state index in [1.165, 1.54) is 0 Å². The Labute approximate surface area is 176 Å². The van der Waals surface area contributed by atoms with Crippen LogP contribution < -0.4 is 10.9 Å². The van der Waals surface area contributed by atoms with E-state index in [9.17, 15) is 9.59 Å². The average molecular weight is 410 g/mol. The molecular formula is C22H26N4O4. The van der Waals surface area contributed by atoms with Crippen LogP contribution in [0.1, 0.15) is 38.8 Å². The van der Waals surface area contributed by atoms with E-state index in [0.29, 0.717) is 11.4 Å². The third-order valence-electron chi connectivity index (χ3n) is 4.10. The molecule has 158 valence electrons. The van der Waals surface area contributed by atoms with Crippen LogP contribution in [0.4, 0.5) is 9.59 Å². The number of hydrogen-bond acceptors (Lipinski definition) is 6. The zero-order valence-corrected chi connectivity index (χ0v) is 17.6. The lowest BCUT2D eigenvalue weighted by molar-refractivity contribution is 0.151. The number of hydrazone groups is 2. The van der Waals surface area contributed by atoms with E-state index in [4.69, 9.17) is 9.47 Å². The first kappa shape index (κ1) is 22.6. The van der Waals surface area contributed by atoms with Gasteiger partial charge in [0.05, 0.1) is 24.6 Å². The first-order valence-electron chi connectivity index (χ1n) is 9.61. The summed E-state index contributed by atoms with van der Waals surface area (Å²) >= 11 is 0. The van der Waals surface area contributed by atoms with Gasteiger partial charge in [-0.15, -0.1) is 0 Å². The standard InChI is InChI=1S/C22H26N4O4/c1-5-29-21(27)25-23-15(3)17-11-7-9-13-19(17)20-14-10-8-12-18(20)16(4)24-26-22(28)30-6-2/h7-14H,5-6H2,1-4H3,(H,25,27)(H,26,28)/b23-15-,24-16-. The summed E-state index contributed by atoms with van der Waals surface area (Å²) in [6.45, 7) is 7.59. The zero-order valence-electron chi connectivity index (χ0n) is 17.6. The molecule has 0 saturated carbocycles. The predicted molar refractivity (Wildman–Crippen MR) is 117 cm³/mol. The van der Waals surface area contributed by atoms with E-state index < -0.39 is 12.2 Å². The topological polar surface area (TPSA) is 101 Å². The Morgan fingerprint density at radius 3 is 1.47 bits per heavy atom. The fraction of sp³-hybridized carbons (Fsp3) is 0.273. The fourth-order valence-electron chi connectivity index (χ4n) is 2.77. The van der Waals surface area contributed by atoms with E-state index in [2.05, 4.69) is 21.1 Å². The van der Waals surface area contributed by atoms with E-state index in [1.807, 2.05) is 48.5 Å². The van der Waals surface area contributed by atoms with Crippen LogP contribution in [-0.2, 0) is 9.47 Å². The van der Waals surface area contributed by atoms with Gasteiger partial charge in [0, 0.05) is 11.1 Å². The maximum Gasteiger partial charge on any atom is 0.427 e. The molecule has 0 aromatic heterocycles. The summed E-state index contributed by atoms with van der Waals surface area (Å²) in [7, 11) is 0. The number of rotatable bonds is 7.